The number of hydrogen-bond acceptors (Lipinski definition) is 7. The number of nitrogens with zero attached hydrogens (tertiary/aromatic N) is 3. The highest BCUT2D eigenvalue weighted by molar-refractivity contribution is 7.91. The lowest BCUT2D eigenvalue weighted by molar-refractivity contribution is 0.382. The first-order valence-electron chi connectivity index (χ1n) is 10.2. The molecule has 8 heteroatoms. The lowest BCUT2D eigenvalue weighted by Crippen LogP contribution is -2.09. The highest BCUT2D eigenvalue weighted by Crippen LogP contribution is 2.42. The van der Waals surface area contributed by atoms with Gasteiger partial charge in [0.15, 0.2) is 9.84 Å². The number of benzene rings is 2. The second-order valence-corrected chi connectivity index (χ2v) is 10.8. The van der Waals surface area contributed by atoms with E-state index in [2.05, 4.69) is 15.5 Å². The van der Waals surface area contributed by atoms with Crippen LogP contribution in [0.5, 0.6) is 0 Å². The molecule has 4 aromatic rings. The fourth-order valence-electron chi connectivity index (χ4n) is 3.31. The summed E-state index contributed by atoms with van der Waals surface area (Å²) in [5.41, 5.74) is 3.80. The van der Waals surface area contributed by atoms with E-state index in [1.54, 1.807) is 35.6 Å². The predicted molar refractivity (Wildman–Crippen MR) is 120 cm³/mol. The topological polar surface area (TPSA) is 86.0 Å². The van der Waals surface area contributed by atoms with Crippen molar-refractivity contribution in [3.63, 3.8) is 0 Å². The molecule has 1 fully saturated rings. The van der Waals surface area contributed by atoms with E-state index in [1.807, 2.05) is 31.2 Å². The van der Waals surface area contributed by atoms with E-state index in [-0.39, 0.29) is 12.2 Å². The number of aromatic nitrogens is 3. The first-order chi connectivity index (χ1) is 15.0. The summed E-state index contributed by atoms with van der Waals surface area (Å²) in [5.74, 6) is 1.31. The molecule has 6 nitrogen and oxygen atoms in total. The third kappa shape index (κ3) is 4.45. The molecule has 0 atom stereocenters. The van der Waals surface area contributed by atoms with Crippen LogP contribution in [0.25, 0.3) is 22.6 Å². The van der Waals surface area contributed by atoms with Crippen molar-refractivity contribution in [1.82, 2.24) is 15.1 Å². The number of thiazole rings is 1. The van der Waals surface area contributed by atoms with Crippen LogP contribution in [0, 0.1) is 6.92 Å². The van der Waals surface area contributed by atoms with Crippen molar-refractivity contribution < 1.29 is 12.9 Å². The summed E-state index contributed by atoms with van der Waals surface area (Å²) < 4.78 is 30.4. The van der Waals surface area contributed by atoms with Gasteiger partial charge in [0.1, 0.15) is 0 Å². The maximum atomic E-state index is 12.6. The molecule has 0 N–H and O–H groups in total. The molecule has 5 rings (SSSR count). The summed E-state index contributed by atoms with van der Waals surface area (Å²) in [6.45, 7) is 1.92. The van der Waals surface area contributed by atoms with Gasteiger partial charge in [-0.05, 0) is 38.0 Å². The van der Waals surface area contributed by atoms with Crippen LogP contribution in [0.1, 0.15) is 35.2 Å². The zero-order valence-corrected chi connectivity index (χ0v) is 18.6. The van der Waals surface area contributed by atoms with Gasteiger partial charge in [-0.2, -0.15) is 4.98 Å². The lowest BCUT2D eigenvalue weighted by Gasteiger charge is -2.03. The molecule has 1 aliphatic rings. The second-order valence-electron chi connectivity index (χ2n) is 7.82. The minimum Gasteiger partial charge on any atom is -0.339 e. The molecule has 2 aromatic heterocycles. The van der Waals surface area contributed by atoms with Crippen molar-refractivity contribution in [1.29, 1.82) is 0 Å². The Morgan fingerprint density at radius 1 is 1.06 bits per heavy atom. The summed E-state index contributed by atoms with van der Waals surface area (Å²) in [7, 11) is -3.41. The smallest absolute Gasteiger partial charge is 0.227 e. The second kappa shape index (κ2) is 8.01. The quantitative estimate of drug-likeness (QED) is 0.390. The van der Waals surface area contributed by atoms with E-state index >= 15 is 0 Å². The first kappa shape index (κ1) is 20.1. The molecule has 1 saturated carbocycles. The number of sulfone groups is 1. The summed E-state index contributed by atoms with van der Waals surface area (Å²) in [6.07, 6.45) is 2.64. The van der Waals surface area contributed by atoms with Gasteiger partial charge in [0, 0.05) is 28.8 Å². The summed E-state index contributed by atoms with van der Waals surface area (Å²) in [4.78, 5) is 9.48. The average Bonchev–Trinajstić information content (AvgIpc) is 3.31. The van der Waals surface area contributed by atoms with Crippen LogP contribution in [0.4, 0.5) is 0 Å². The Kier molecular flexibility index (Phi) is 5.19. The molecule has 2 aromatic carbocycles. The Labute approximate surface area is 184 Å². The third-order valence-corrected chi connectivity index (χ3v) is 8.04. The van der Waals surface area contributed by atoms with Gasteiger partial charge in [0.05, 0.1) is 21.3 Å². The summed E-state index contributed by atoms with van der Waals surface area (Å²) in [5, 5.41) is 7.34. The molecule has 0 bridgehead atoms. The molecule has 2 heterocycles. The molecule has 1 aliphatic carbocycles. The zero-order chi connectivity index (χ0) is 21.4. The van der Waals surface area contributed by atoms with Crippen molar-refractivity contribution in [3.05, 3.63) is 70.4 Å². The van der Waals surface area contributed by atoms with Crippen LogP contribution in [0.2, 0.25) is 0 Å². The van der Waals surface area contributed by atoms with Crippen LogP contribution in [0.15, 0.2) is 63.3 Å². The molecule has 31 heavy (non-hydrogen) atoms. The average molecular weight is 452 g/mol. The Morgan fingerprint density at radius 2 is 1.84 bits per heavy atom. The maximum Gasteiger partial charge on any atom is 0.227 e. The molecule has 0 unspecified atom stereocenters. The van der Waals surface area contributed by atoms with Crippen molar-refractivity contribution in [2.24, 2.45) is 0 Å². The fraction of sp³-hybridized carbons (Fsp3) is 0.261. The first-order valence-corrected chi connectivity index (χ1v) is 12.7. The van der Waals surface area contributed by atoms with E-state index < -0.39 is 9.84 Å². The van der Waals surface area contributed by atoms with Crippen LogP contribution in [0.3, 0.4) is 0 Å². The van der Waals surface area contributed by atoms with Gasteiger partial charge in [0.2, 0.25) is 11.7 Å². The molecule has 0 radical (unpaired) electrons. The standard InChI is InChI=1S/C23H21N3O3S2/c1-15-5-9-19(10-6-15)31(27,28)12-11-21-25-22(26-29-21)18-4-2-3-17(13-18)20-14-30-23(24-20)16-7-8-16/h2-6,9-10,13-14,16H,7-8,11-12H2,1H3. The van der Waals surface area contributed by atoms with Gasteiger partial charge in [0.25, 0.3) is 0 Å². The monoisotopic (exact) mass is 451 g/mol. The molecule has 0 saturated heterocycles. The summed E-state index contributed by atoms with van der Waals surface area (Å²) in [6, 6.07) is 14.7. The number of aryl methyl sites for hydroxylation is 2. The van der Waals surface area contributed by atoms with E-state index in [0.717, 1.165) is 22.4 Å². The Bertz CT molecular complexity index is 1320. The van der Waals surface area contributed by atoms with E-state index in [0.29, 0.717) is 22.5 Å². The number of rotatable bonds is 7. The minimum absolute atomic E-state index is 0.0828. The van der Waals surface area contributed by atoms with Crippen LogP contribution in [-0.4, -0.2) is 29.3 Å². The third-order valence-electron chi connectivity index (χ3n) is 5.30. The number of hydrogen-bond donors (Lipinski definition) is 0. The Balaban J connectivity index is 1.30. The predicted octanol–water partition coefficient (Wildman–Crippen LogP) is 5.06. The van der Waals surface area contributed by atoms with Gasteiger partial charge >= 0.3 is 0 Å². The molecule has 0 aliphatic heterocycles. The van der Waals surface area contributed by atoms with Crippen molar-refractivity contribution in [2.75, 3.05) is 5.75 Å². The van der Waals surface area contributed by atoms with Gasteiger partial charge in [-0.3, -0.25) is 0 Å². The van der Waals surface area contributed by atoms with Crippen molar-refractivity contribution in [2.45, 2.75) is 37.0 Å². The molecule has 0 spiro atoms. The molecule has 158 valence electrons. The van der Waals surface area contributed by atoms with E-state index in [4.69, 9.17) is 9.51 Å². The van der Waals surface area contributed by atoms with Crippen molar-refractivity contribution >= 4 is 21.2 Å². The Hall–Kier alpha value is -2.84. The van der Waals surface area contributed by atoms with Gasteiger partial charge < -0.3 is 4.52 Å². The van der Waals surface area contributed by atoms with E-state index in [1.165, 1.54) is 17.8 Å². The highest BCUT2D eigenvalue weighted by Gasteiger charge is 2.26. The van der Waals surface area contributed by atoms with E-state index in [9.17, 15) is 8.42 Å². The van der Waals surface area contributed by atoms with Gasteiger partial charge in [-0.1, -0.05) is 41.1 Å². The lowest BCUT2D eigenvalue weighted by atomic mass is 10.1. The minimum atomic E-state index is -3.41. The normalized spacial score (nSPS) is 14.1. The molecular weight excluding hydrogens is 430 g/mol. The molecular formula is C23H21N3O3S2. The van der Waals surface area contributed by atoms with Gasteiger partial charge in [-0.25, -0.2) is 13.4 Å². The zero-order valence-electron chi connectivity index (χ0n) is 17.0. The summed E-state index contributed by atoms with van der Waals surface area (Å²) >= 11 is 1.71. The molecule has 0 amide bonds. The van der Waals surface area contributed by atoms with Gasteiger partial charge in [-0.15, -0.1) is 11.3 Å². The van der Waals surface area contributed by atoms with Crippen LogP contribution >= 0.6 is 11.3 Å². The van der Waals surface area contributed by atoms with Crippen LogP contribution < -0.4 is 0 Å². The maximum absolute atomic E-state index is 12.6. The SMILES string of the molecule is Cc1ccc(S(=O)(=O)CCc2nc(-c3cccc(-c4csc(C5CC5)n4)c3)no2)cc1. The fourth-order valence-corrected chi connectivity index (χ4v) is 5.54. The van der Waals surface area contributed by atoms with Crippen molar-refractivity contribution in [3.8, 4) is 22.6 Å². The highest BCUT2D eigenvalue weighted by atomic mass is 32.2. The largest absolute Gasteiger partial charge is 0.339 e. The Morgan fingerprint density at radius 3 is 2.61 bits per heavy atom. The van der Waals surface area contributed by atoms with Crippen LogP contribution in [-0.2, 0) is 16.3 Å².